The Morgan fingerprint density at radius 2 is 1.55 bits per heavy atom. The van der Waals surface area contributed by atoms with Gasteiger partial charge in [0.05, 0.1) is 29.1 Å². The molecule has 0 unspecified atom stereocenters. The number of amides is 2. The van der Waals surface area contributed by atoms with Crippen molar-refractivity contribution < 1.29 is 22.8 Å². The summed E-state index contributed by atoms with van der Waals surface area (Å²) in [6.45, 7) is 6.35. The number of alkyl halides is 3. The van der Waals surface area contributed by atoms with E-state index in [4.69, 9.17) is 5.26 Å². The number of piperidine rings is 3. The molecule has 0 saturated carbocycles. The number of aromatic nitrogens is 1. The van der Waals surface area contributed by atoms with Crippen molar-refractivity contribution in [2.24, 2.45) is 17.3 Å². The monoisotopic (exact) mass is 609 g/mol. The van der Waals surface area contributed by atoms with Gasteiger partial charge in [0.1, 0.15) is 5.82 Å². The van der Waals surface area contributed by atoms with E-state index in [0.717, 1.165) is 76.7 Å². The van der Waals surface area contributed by atoms with E-state index in [2.05, 4.69) is 25.4 Å². The van der Waals surface area contributed by atoms with Gasteiger partial charge in [0.25, 0.3) is 0 Å². The van der Waals surface area contributed by atoms with Gasteiger partial charge in [-0.25, -0.2) is 4.98 Å². The quantitative estimate of drug-likeness (QED) is 0.522. The van der Waals surface area contributed by atoms with Gasteiger partial charge < -0.3 is 25.3 Å². The van der Waals surface area contributed by atoms with E-state index in [1.807, 2.05) is 11.0 Å². The summed E-state index contributed by atoms with van der Waals surface area (Å²) >= 11 is 0. The average molecular weight is 610 g/mol. The second kappa shape index (κ2) is 12.3. The summed E-state index contributed by atoms with van der Waals surface area (Å²) in [4.78, 5) is 36.6. The van der Waals surface area contributed by atoms with Crippen LogP contribution in [-0.4, -0.2) is 74.1 Å². The molecule has 5 heterocycles. The molecule has 1 spiro atoms. The highest BCUT2D eigenvalue weighted by atomic mass is 19.4. The Balaban J connectivity index is 0.954. The van der Waals surface area contributed by atoms with Crippen LogP contribution in [0.3, 0.4) is 0 Å². The molecule has 0 bridgehead atoms. The number of likely N-dealkylation sites (tertiary alicyclic amines) is 1. The summed E-state index contributed by atoms with van der Waals surface area (Å²) in [5.74, 6) is 0.404. The van der Waals surface area contributed by atoms with Crippen LogP contribution in [0.25, 0.3) is 0 Å². The van der Waals surface area contributed by atoms with E-state index in [9.17, 15) is 22.8 Å². The minimum Gasteiger partial charge on any atom is -0.371 e. The molecule has 2 N–H and O–H groups in total. The Labute approximate surface area is 255 Å². The number of hydrogen-bond donors (Lipinski definition) is 2. The number of hydrogen-bond acceptors (Lipinski definition) is 7. The topological polar surface area (TPSA) is 105 Å². The van der Waals surface area contributed by atoms with Crippen molar-refractivity contribution in [2.45, 2.75) is 44.7 Å². The average Bonchev–Trinajstić information content (AvgIpc) is 3.03. The van der Waals surface area contributed by atoms with Gasteiger partial charge in [-0.15, -0.1) is 0 Å². The lowest BCUT2D eigenvalue weighted by Crippen LogP contribution is -2.62. The molecular weight excluding hydrogens is 571 g/mol. The van der Waals surface area contributed by atoms with Gasteiger partial charge in [-0.1, -0.05) is 0 Å². The van der Waals surface area contributed by atoms with E-state index >= 15 is 0 Å². The van der Waals surface area contributed by atoms with Crippen LogP contribution in [0.2, 0.25) is 0 Å². The normalized spacial score (nSPS) is 21.1. The van der Waals surface area contributed by atoms with Crippen molar-refractivity contribution in [1.29, 1.82) is 5.26 Å². The van der Waals surface area contributed by atoms with E-state index in [-0.39, 0.29) is 17.7 Å². The lowest BCUT2D eigenvalue weighted by Gasteiger charge is -2.53. The first-order chi connectivity index (χ1) is 21.1. The Morgan fingerprint density at radius 3 is 2.14 bits per heavy atom. The summed E-state index contributed by atoms with van der Waals surface area (Å²) in [6.07, 6.45) is 2.09. The number of anilines is 3. The van der Waals surface area contributed by atoms with Crippen LogP contribution in [-0.2, 0) is 15.8 Å². The predicted octanol–water partition coefficient (Wildman–Crippen LogP) is 4.26. The largest absolute Gasteiger partial charge is 0.417 e. The molecule has 1 aromatic heterocycles. The minimum absolute atomic E-state index is 0.0758. The van der Waals surface area contributed by atoms with E-state index < -0.39 is 17.3 Å². The third-order valence-corrected chi connectivity index (χ3v) is 9.90. The fraction of sp³-hybridized carbons (Fsp3) is 0.562. The number of nitriles is 1. The third kappa shape index (κ3) is 6.34. The number of rotatable bonds is 5. The summed E-state index contributed by atoms with van der Waals surface area (Å²) in [5.41, 5.74) is 0.355. The first-order valence-electron chi connectivity index (χ1n) is 15.5. The molecule has 1 aromatic carbocycles. The molecule has 4 aliphatic heterocycles. The Bertz CT molecular complexity index is 1390. The molecule has 2 aromatic rings. The number of benzene rings is 1. The van der Waals surface area contributed by atoms with Crippen molar-refractivity contribution in [3.63, 3.8) is 0 Å². The zero-order valence-corrected chi connectivity index (χ0v) is 24.7. The first kappa shape index (κ1) is 30.2. The number of nitrogens with one attached hydrogen (secondary N) is 2. The van der Waals surface area contributed by atoms with E-state index in [0.29, 0.717) is 48.8 Å². The molecule has 0 atom stereocenters. The van der Waals surface area contributed by atoms with Gasteiger partial charge in [-0.3, -0.25) is 9.59 Å². The molecule has 4 aliphatic rings. The fourth-order valence-electron chi connectivity index (χ4n) is 7.17. The van der Waals surface area contributed by atoms with Gasteiger partial charge in [0.15, 0.2) is 0 Å². The van der Waals surface area contributed by atoms with E-state index in [1.54, 1.807) is 18.3 Å². The van der Waals surface area contributed by atoms with Gasteiger partial charge >= 0.3 is 6.18 Å². The SMILES string of the molecule is N#Cc1ccc(N2CCC(C(=O)Nc3ccc(N4CCC(C(=O)N5CC6(CCNCC6)C5)CC4)cn3)CC2)cc1C(F)(F)F. The lowest BCUT2D eigenvalue weighted by molar-refractivity contribution is -0.150. The molecular formula is C32H38F3N7O2. The van der Waals surface area contributed by atoms with Gasteiger partial charge in [0.2, 0.25) is 11.8 Å². The highest BCUT2D eigenvalue weighted by Crippen LogP contribution is 2.40. The van der Waals surface area contributed by atoms with Gasteiger partial charge in [0, 0.05) is 62.2 Å². The van der Waals surface area contributed by atoms with Crippen LogP contribution in [0.15, 0.2) is 36.5 Å². The molecule has 234 valence electrons. The predicted molar refractivity (Wildman–Crippen MR) is 160 cm³/mol. The van der Waals surface area contributed by atoms with Gasteiger partial charge in [-0.05, 0) is 81.9 Å². The molecule has 12 heteroatoms. The lowest BCUT2D eigenvalue weighted by atomic mass is 9.72. The number of halogens is 3. The maximum atomic E-state index is 13.4. The molecule has 9 nitrogen and oxygen atoms in total. The number of pyridine rings is 1. The maximum absolute atomic E-state index is 13.4. The van der Waals surface area contributed by atoms with Crippen molar-refractivity contribution >= 4 is 29.0 Å². The van der Waals surface area contributed by atoms with Crippen LogP contribution < -0.4 is 20.4 Å². The second-order valence-corrected chi connectivity index (χ2v) is 12.7. The smallest absolute Gasteiger partial charge is 0.371 e. The Kier molecular flexibility index (Phi) is 8.42. The van der Waals surface area contributed by atoms with Crippen molar-refractivity contribution in [2.75, 3.05) is 67.5 Å². The second-order valence-electron chi connectivity index (χ2n) is 12.7. The highest BCUT2D eigenvalue weighted by Gasteiger charge is 2.46. The zero-order valence-electron chi connectivity index (χ0n) is 24.7. The fourth-order valence-corrected chi connectivity index (χ4v) is 7.17. The van der Waals surface area contributed by atoms with Crippen molar-refractivity contribution in [3.05, 3.63) is 47.7 Å². The third-order valence-electron chi connectivity index (χ3n) is 9.90. The van der Waals surface area contributed by atoms with Crippen molar-refractivity contribution in [3.8, 4) is 6.07 Å². The molecule has 4 fully saturated rings. The molecule has 0 radical (unpaired) electrons. The van der Waals surface area contributed by atoms with Crippen LogP contribution in [0, 0.1) is 28.6 Å². The van der Waals surface area contributed by atoms with Crippen LogP contribution in [0.4, 0.5) is 30.4 Å². The maximum Gasteiger partial charge on any atom is 0.417 e. The molecule has 0 aliphatic carbocycles. The number of nitrogens with zero attached hydrogens (tertiary/aromatic N) is 5. The van der Waals surface area contributed by atoms with Crippen LogP contribution >= 0.6 is 0 Å². The summed E-state index contributed by atoms with van der Waals surface area (Å²) in [5, 5.41) is 15.3. The summed E-state index contributed by atoms with van der Waals surface area (Å²) in [7, 11) is 0. The first-order valence-corrected chi connectivity index (χ1v) is 15.5. The highest BCUT2D eigenvalue weighted by molar-refractivity contribution is 5.92. The molecule has 44 heavy (non-hydrogen) atoms. The van der Waals surface area contributed by atoms with E-state index in [1.165, 1.54) is 12.1 Å². The minimum atomic E-state index is -4.61. The summed E-state index contributed by atoms with van der Waals surface area (Å²) < 4.78 is 40.1. The summed E-state index contributed by atoms with van der Waals surface area (Å²) in [6, 6.07) is 9.07. The standard InChI is InChI=1S/C32H38F3N7O2/c33-32(34,35)27-17-25(2-1-24(27)18-36)40-13-5-22(6-14-40)29(43)39-28-4-3-26(19-38-28)41-15-7-23(8-16-41)30(44)42-20-31(21-42)9-11-37-12-10-31/h1-4,17,19,22-23,37H,5-16,20-21H2,(H,38,39,43). The molecule has 6 rings (SSSR count). The molecule has 2 amide bonds. The van der Waals surface area contributed by atoms with Crippen molar-refractivity contribution in [1.82, 2.24) is 15.2 Å². The van der Waals surface area contributed by atoms with Crippen LogP contribution in [0.1, 0.15) is 49.7 Å². The Hall–Kier alpha value is -3.85. The number of carbonyl (C=O) groups excluding carboxylic acids is 2. The molecule has 4 saturated heterocycles. The zero-order chi connectivity index (χ0) is 30.9. The van der Waals surface area contributed by atoms with Crippen LogP contribution in [0.5, 0.6) is 0 Å². The Morgan fingerprint density at radius 1 is 0.932 bits per heavy atom. The van der Waals surface area contributed by atoms with Gasteiger partial charge in [-0.2, -0.15) is 18.4 Å². The number of carbonyl (C=O) groups is 2.